The fourth-order valence-corrected chi connectivity index (χ4v) is 2.51. The quantitative estimate of drug-likeness (QED) is 0.915. The zero-order chi connectivity index (χ0) is 13.9. The lowest BCUT2D eigenvalue weighted by atomic mass is 9.99. The third-order valence-electron chi connectivity index (χ3n) is 3.87. The molecule has 106 valence electrons. The van der Waals surface area contributed by atoms with Crippen molar-refractivity contribution in [1.29, 1.82) is 0 Å². The highest BCUT2D eigenvalue weighted by Crippen LogP contribution is 2.22. The van der Waals surface area contributed by atoms with Crippen molar-refractivity contribution in [3.63, 3.8) is 0 Å². The lowest BCUT2D eigenvalue weighted by molar-refractivity contribution is 0.273. The van der Waals surface area contributed by atoms with Gasteiger partial charge >= 0.3 is 0 Å². The van der Waals surface area contributed by atoms with Crippen molar-refractivity contribution in [1.82, 2.24) is 20.0 Å². The van der Waals surface area contributed by atoms with Crippen LogP contribution in [0.2, 0.25) is 0 Å². The minimum Gasteiger partial charge on any atom is -0.390 e. The van der Waals surface area contributed by atoms with E-state index in [0.717, 1.165) is 30.5 Å². The number of piperidine rings is 1. The summed E-state index contributed by atoms with van der Waals surface area (Å²) < 4.78 is 1.61. The molecule has 1 fully saturated rings. The first-order valence-electron chi connectivity index (χ1n) is 6.99. The second kappa shape index (κ2) is 5.58. The Bertz CT molecular complexity index is 557. The van der Waals surface area contributed by atoms with E-state index in [1.54, 1.807) is 17.1 Å². The van der Waals surface area contributed by atoms with Crippen molar-refractivity contribution < 1.29 is 5.11 Å². The molecule has 0 bridgehead atoms. The van der Waals surface area contributed by atoms with Crippen LogP contribution < -0.4 is 4.90 Å². The van der Waals surface area contributed by atoms with E-state index in [1.165, 1.54) is 12.8 Å². The zero-order valence-electron chi connectivity index (χ0n) is 11.6. The molecule has 1 N–H and O–H groups in total. The van der Waals surface area contributed by atoms with Crippen LogP contribution in [0.25, 0.3) is 5.69 Å². The number of rotatable bonds is 3. The van der Waals surface area contributed by atoms with Crippen molar-refractivity contribution in [3.8, 4) is 5.69 Å². The molecule has 1 saturated heterocycles. The molecule has 20 heavy (non-hydrogen) atoms. The maximum absolute atomic E-state index is 9.22. The van der Waals surface area contributed by atoms with Crippen LogP contribution in [-0.2, 0) is 6.61 Å². The average Bonchev–Trinajstić information content (AvgIpc) is 2.97. The predicted molar refractivity (Wildman–Crippen MR) is 75.7 cm³/mol. The Morgan fingerprint density at radius 1 is 1.25 bits per heavy atom. The Balaban J connectivity index is 1.78. The first-order chi connectivity index (χ1) is 9.78. The zero-order valence-corrected chi connectivity index (χ0v) is 11.6. The Morgan fingerprint density at radius 2 is 2.05 bits per heavy atom. The highest BCUT2D eigenvalue weighted by atomic mass is 16.3. The highest BCUT2D eigenvalue weighted by Gasteiger charge is 2.17. The Morgan fingerprint density at radius 3 is 2.70 bits per heavy atom. The number of aromatic nitrogens is 4. The van der Waals surface area contributed by atoms with E-state index in [-0.39, 0.29) is 6.61 Å². The highest BCUT2D eigenvalue weighted by molar-refractivity contribution is 5.43. The van der Waals surface area contributed by atoms with E-state index < -0.39 is 0 Å². The summed E-state index contributed by atoms with van der Waals surface area (Å²) in [5.74, 6) is 1.82. The van der Waals surface area contributed by atoms with Crippen LogP contribution in [0, 0.1) is 5.92 Å². The Labute approximate surface area is 118 Å². The molecule has 6 nitrogen and oxygen atoms in total. The Hall–Kier alpha value is -1.95. The van der Waals surface area contributed by atoms with Crippen molar-refractivity contribution >= 4 is 5.82 Å². The van der Waals surface area contributed by atoms with Gasteiger partial charge in [0.1, 0.15) is 5.82 Å². The molecular weight excluding hydrogens is 254 g/mol. The van der Waals surface area contributed by atoms with Gasteiger partial charge in [-0.05, 0) is 30.9 Å². The van der Waals surface area contributed by atoms with Gasteiger partial charge in [-0.25, -0.2) is 9.67 Å². The fraction of sp³-hybridized carbons (Fsp3) is 0.500. The maximum Gasteiger partial charge on any atom is 0.128 e. The van der Waals surface area contributed by atoms with Gasteiger partial charge in [-0.3, -0.25) is 0 Å². The smallest absolute Gasteiger partial charge is 0.128 e. The second-order valence-electron chi connectivity index (χ2n) is 5.34. The largest absolute Gasteiger partial charge is 0.390 e. The van der Waals surface area contributed by atoms with Gasteiger partial charge in [-0.2, -0.15) is 0 Å². The molecule has 0 radical (unpaired) electrons. The van der Waals surface area contributed by atoms with Crippen LogP contribution in [-0.4, -0.2) is 38.2 Å². The molecule has 0 spiro atoms. The van der Waals surface area contributed by atoms with E-state index in [2.05, 4.69) is 27.1 Å². The summed E-state index contributed by atoms with van der Waals surface area (Å²) in [7, 11) is 0. The predicted octanol–water partition coefficient (Wildman–Crippen LogP) is 1.39. The lowest BCUT2D eigenvalue weighted by Crippen LogP contribution is -2.33. The van der Waals surface area contributed by atoms with Gasteiger partial charge in [0.25, 0.3) is 0 Å². The van der Waals surface area contributed by atoms with E-state index >= 15 is 0 Å². The first-order valence-corrected chi connectivity index (χ1v) is 6.99. The number of anilines is 1. The number of pyridine rings is 1. The van der Waals surface area contributed by atoms with Crippen molar-refractivity contribution in [2.75, 3.05) is 18.0 Å². The Kier molecular flexibility index (Phi) is 3.64. The molecule has 0 aromatic carbocycles. The van der Waals surface area contributed by atoms with Gasteiger partial charge in [0.15, 0.2) is 0 Å². The summed E-state index contributed by atoms with van der Waals surface area (Å²) in [4.78, 5) is 6.83. The van der Waals surface area contributed by atoms with E-state index in [9.17, 15) is 5.11 Å². The summed E-state index contributed by atoms with van der Waals surface area (Å²) in [5.41, 5.74) is 1.48. The molecule has 3 rings (SSSR count). The molecule has 2 aromatic rings. The molecule has 0 atom stereocenters. The number of aliphatic hydroxyl groups is 1. The van der Waals surface area contributed by atoms with E-state index in [1.807, 2.05) is 12.1 Å². The molecule has 3 heterocycles. The molecule has 0 saturated carbocycles. The number of nitrogens with zero attached hydrogens (tertiary/aromatic N) is 5. The third-order valence-corrected chi connectivity index (χ3v) is 3.87. The minimum absolute atomic E-state index is 0.0846. The SMILES string of the molecule is CC1CCN(c2ccc(-n3nncc3CO)cn2)CC1. The molecule has 0 amide bonds. The number of aliphatic hydroxyl groups excluding tert-OH is 1. The normalized spacial score (nSPS) is 16.6. The van der Waals surface area contributed by atoms with E-state index in [0.29, 0.717) is 5.69 Å². The van der Waals surface area contributed by atoms with Gasteiger partial charge in [0, 0.05) is 13.1 Å². The van der Waals surface area contributed by atoms with Crippen LogP contribution in [0.3, 0.4) is 0 Å². The lowest BCUT2D eigenvalue weighted by Gasteiger charge is -2.31. The van der Waals surface area contributed by atoms with Crippen LogP contribution in [0.4, 0.5) is 5.82 Å². The summed E-state index contributed by atoms with van der Waals surface area (Å²) in [6.07, 6.45) is 5.78. The monoisotopic (exact) mass is 273 g/mol. The topological polar surface area (TPSA) is 67.1 Å². The molecule has 2 aromatic heterocycles. The van der Waals surface area contributed by atoms with E-state index in [4.69, 9.17) is 0 Å². The van der Waals surface area contributed by atoms with Crippen molar-refractivity contribution in [2.45, 2.75) is 26.4 Å². The van der Waals surface area contributed by atoms with Gasteiger partial charge < -0.3 is 10.0 Å². The summed E-state index contributed by atoms with van der Waals surface area (Å²) >= 11 is 0. The minimum atomic E-state index is -0.0846. The van der Waals surface area contributed by atoms with Crippen LogP contribution in [0.15, 0.2) is 24.5 Å². The molecule has 6 heteroatoms. The van der Waals surface area contributed by atoms with Gasteiger partial charge in [0.05, 0.1) is 30.4 Å². The molecular formula is C14H19N5O. The van der Waals surface area contributed by atoms with Gasteiger partial charge in [0.2, 0.25) is 0 Å². The fourth-order valence-electron chi connectivity index (χ4n) is 2.51. The molecule has 0 aliphatic carbocycles. The second-order valence-corrected chi connectivity index (χ2v) is 5.34. The number of hydrogen-bond donors (Lipinski definition) is 1. The van der Waals surface area contributed by atoms with Gasteiger partial charge in [-0.1, -0.05) is 12.1 Å². The summed E-state index contributed by atoms with van der Waals surface area (Å²) in [5, 5.41) is 17.0. The van der Waals surface area contributed by atoms with Crippen LogP contribution in [0.5, 0.6) is 0 Å². The first kappa shape index (κ1) is 13.1. The summed E-state index contributed by atoms with van der Waals surface area (Å²) in [6, 6.07) is 3.97. The van der Waals surface area contributed by atoms with Crippen LogP contribution >= 0.6 is 0 Å². The molecule has 0 unspecified atom stereocenters. The third kappa shape index (κ3) is 2.51. The molecule has 1 aliphatic heterocycles. The maximum atomic E-state index is 9.22. The van der Waals surface area contributed by atoms with Crippen LogP contribution in [0.1, 0.15) is 25.5 Å². The van der Waals surface area contributed by atoms with Crippen molar-refractivity contribution in [2.24, 2.45) is 5.92 Å². The standard InChI is InChI=1S/C14H19N5O/c1-11-4-6-18(7-5-11)14-3-2-12(8-15-14)19-13(10-20)9-16-17-19/h2-3,8-9,11,20H,4-7,10H2,1H3. The molecule has 1 aliphatic rings. The van der Waals surface area contributed by atoms with Gasteiger partial charge in [-0.15, -0.1) is 5.10 Å². The number of hydrogen-bond acceptors (Lipinski definition) is 5. The van der Waals surface area contributed by atoms with Crippen molar-refractivity contribution in [3.05, 3.63) is 30.2 Å². The summed E-state index contributed by atoms with van der Waals surface area (Å²) in [6.45, 7) is 4.35. The average molecular weight is 273 g/mol.